The van der Waals surface area contributed by atoms with Gasteiger partial charge in [0.05, 0.1) is 0 Å². The van der Waals surface area contributed by atoms with Crippen LogP contribution >= 0.6 is 12.4 Å². The third-order valence-electron chi connectivity index (χ3n) is 1.13. The van der Waals surface area contributed by atoms with E-state index in [9.17, 15) is 0 Å². The van der Waals surface area contributed by atoms with Crippen LogP contribution in [0.5, 0.6) is 0 Å². The van der Waals surface area contributed by atoms with Gasteiger partial charge in [0.25, 0.3) is 0 Å². The Morgan fingerprint density at radius 3 is 2.33 bits per heavy atom. The van der Waals surface area contributed by atoms with Crippen LogP contribution in [-0.4, -0.2) is 9.78 Å². The molecule has 0 aromatic carbocycles. The Balaban J connectivity index is 0.000000640. The highest BCUT2D eigenvalue weighted by molar-refractivity contribution is 5.85. The van der Waals surface area contributed by atoms with Gasteiger partial charge in [-0.25, -0.2) is 0 Å². The predicted octanol–water partition coefficient (Wildman–Crippen LogP) is 0.733. The van der Waals surface area contributed by atoms with Gasteiger partial charge in [-0.1, -0.05) is 0 Å². The van der Waals surface area contributed by atoms with E-state index in [-0.39, 0.29) is 12.4 Å². The standard InChI is InChI=1S/C5H9N3.ClH/c1-4-3-5(6)7-8(4)2;/h3H,1-2H3,(H2,6,7);1H. The van der Waals surface area contributed by atoms with Crippen molar-refractivity contribution in [3.8, 4) is 0 Å². The molecule has 52 valence electrons. The topological polar surface area (TPSA) is 43.8 Å². The maximum absolute atomic E-state index is 5.35. The molecule has 0 unspecified atom stereocenters. The Bertz CT molecular complexity index is 175. The zero-order valence-corrected chi connectivity index (χ0v) is 6.27. The summed E-state index contributed by atoms with van der Waals surface area (Å²) < 4.78 is 1.75. The smallest absolute Gasteiger partial charge is 0.145 e. The van der Waals surface area contributed by atoms with Crippen LogP contribution in [0.2, 0.25) is 0 Å². The van der Waals surface area contributed by atoms with E-state index in [1.165, 1.54) is 0 Å². The maximum Gasteiger partial charge on any atom is 0.145 e. The summed E-state index contributed by atoms with van der Waals surface area (Å²) in [7, 11) is 1.87. The predicted molar refractivity (Wildman–Crippen MR) is 39.6 cm³/mol. The van der Waals surface area contributed by atoms with Gasteiger partial charge in [-0.2, -0.15) is 5.10 Å². The van der Waals surface area contributed by atoms with Crippen molar-refractivity contribution in [2.24, 2.45) is 7.05 Å². The Morgan fingerprint density at radius 1 is 1.67 bits per heavy atom. The highest BCUT2D eigenvalue weighted by Crippen LogP contribution is 1.99. The lowest BCUT2D eigenvalue weighted by atomic mass is 10.5. The van der Waals surface area contributed by atoms with Gasteiger partial charge in [-0.3, -0.25) is 4.68 Å². The minimum absolute atomic E-state index is 0. The molecule has 4 heteroatoms. The van der Waals surface area contributed by atoms with Gasteiger partial charge in [0.1, 0.15) is 5.82 Å². The van der Waals surface area contributed by atoms with E-state index in [4.69, 9.17) is 5.73 Å². The van der Waals surface area contributed by atoms with Gasteiger partial charge >= 0.3 is 0 Å². The molecule has 1 rings (SSSR count). The second-order valence-electron chi connectivity index (χ2n) is 1.83. The molecule has 3 nitrogen and oxygen atoms in total. The van der Waals surface area contributed by atoms with E-state index in [1.807, 2.05) is 20.0 Å². The van der Waals surface area contributed by atoms with E-state index < -0.39 is 0 Å². The summed E-state index contributed by atoms with van der Waals surface area (Å²) in [6, 6.07) is 1.83. The molecule has 0 amide bonds. The SMILES string of the molecule is Cc1cc(N)nn1C.Cl. The fraction of sp³-hybridized carbons (Fsp3) is 0.400. The molecule has 1 aromatic rings. The van der Waals surface area contributed by atoms with Crippen molar-refractivity contribution < 1.29 is 0 Å². The summed E-state index contributed by atoms with van der Waals surface area (Å²) in [6.07, 6.45) is 0. The van der Waals surface area contributed by atoms with Crippen LogP contribution in [0.4, 0.5) is 5.82 Å². The number of halogens is 1. The number of nitrogen functional groups attached to an aromatic ring is 1. The van der Waals surface area contributed by atoms with Crippen LogP contribution < -0.4 is 5.73 Å². The van der Waals surface area contributed by atoms with Crippen LogP contribution in [0, 0.1) is 6.92 Å². The molecule has 1 heterocycles. The number of anilines is 1. The minimum atomic E-state index is 0. The Kier molecular flexibility index (Phi) is 2.52. The van der Waals surface area contributed by atoms with Gasteiger partial charge < -0.3 is 5.73 Å². The first kappa shape index (κ1) is 8.30. The Labute approximate surface area is 60.3 Å². The molecule has 0 fully saturated rings. The molecule has 0 atom stereocenters. The average molecular weight is 148 g/mol. The van der Waals surface area contributed by atoms with Crippen LogP contribution in [0.15, 0.2) is 6.07 Å². The molecule has 0 aliphatic carbocycles. The Hall–Kier alpha value is -0.700. The van der Waals surface area contributed by atoms with E-state index in [0.29, 0.717) is 5.82 Å². The van der Waals surface area contributed by atoms with Crippen LogP contribution in [0.25, 0.3) is 0 Å². The zero-order chi connectivity index (χ0) is 6.15. The Morgan fingerprint density at radius 2 is 2.22 bits per heavy atom. The summed E-state index contributed by atoms with van der Waals surface area (Å²) in [6.45, 7) is 1.96. The number of aromatic nitrogens is 2. The number of rotatable bonds is 0. The summed E-state index contributed by atoms with van der Waals surface area (Å²) in [5.74, 6) is 0.588. The second kappa shape index (κ2) is 2.73. The number of aryl methyl sites for hydroxylation is 2. The van der Waals surface area contributed by atoms with Crippen molar-refractivity contribution >= 4 is 18.2 Å². The van der Waals surface area contributed by atoms with Crippen LogP contribution in [-0.2, 0) is 7.05 Å². The molecule has 0 aliphatic heterocycles. The molecule has 0 aliphatic rings. The van der Waals surface area contributed by atoms with Crippen molar-refractivity contribution in [1.82, 2.24) is 9.78 Å². The molecule has 0 saturated carbocycles. The molecule has 0 saturated heterocycles. The second-order valence-corrected chi connectivity index (χ2v) is 1.83. The van der Waals surface area contributed by atoms with E-state index in [0.717, 1.165) is 5.69 Å². The van der Waals surface area contributed by atoms with E-state index in [2.05, 4.69) is 5.10 Å². The summed E-state index contributed by atoms with van der Waals surface area (Å²) in [5, 5.41) is 3.91. The fourth-order valence-electron chi connectivity index (χ4n) is 0.588. The normalized spacial score (nSPS) is 8.67. The summed E-state index contributed by atoms with van der Waals surface area (Å²) >= 11 is 0. The molecule has 0 bridgehead atoms. The lowest BCUT2D eigenvalue weighted by Gasteiger charge is -1.87. The third kappa shape index (κ3) is 1.61. The maximum atomic E-state index is 5.35. The highest BCUT2D eigenvalue weighted by Gasteiger charge is 1.92. The monoisotopic (exact) mass is 147 g/mol. The van der Waals surface area contributed by atoms with E-state index >= 15 is 0 Å². The van der Waals surface area contributed by atoms with Crippen molar-refractivity contribution in [1.29, 1.82) is 0 Å². The zero-order valence-electron chi connectivity index (χ0n) is 5.46. The molecule has 0 spiro atoms. The lowest BCUT2D eigenvalue weighted by molar-refractivity contribution is 0.744. The quantitative estimate of drug-likeness (QED) is 0.588. The van der Waals surface area contributed by atoms with Crippen molar-refractivity contribution in [3.05, 3.63) is 11.8 Å². The number of hydrogen-bond acceptors (Lipinski definition) is 2. The van der Waals surface area contributed by atoms with Crippen LogP contribution in [0.3, 0.4) is 0 Å². The van der Waals surface area contributed by atoms with Crippen molar-refractivity contribution in [2.75, 3.05) is 5.73 Å². The first-order valence-corrected chi connectivity index (χ1v) is 2.46. The van der Waals surface area contributed by atoms with Gasteiger partial charge in [-0.15, -0.1) is 12.4 Å². The van der Waals surface area contributed by atoms with E-state index in [1.54, 1.807) is 4.68 Å². The minimum Gasteiger partial charge on any atom is -0.382 e. The molecular formula is C5H10ClN3. The third-order valence-corrected chi connectivity index (χ3v) is 1.13. The number of nitrogens with zero attached hydrogens (tertiary/aromatic N) is 2. The molecular weight excluding hydrogens is 138 g/mol. The van der Waals surface area contributed by atoms with Gasteiger partial charge in [0.15, 0.2) is 0 Å². The highest BCUT2D eigenvalue weighted by atomic mass is 35.5. The van der Waals surface area contributed by atoms with Gasteiger partial charge in [0, 0.05) is 18.8 Å². The lowest BCUT2D eigenvalue weighted by Crippen LogP contribution is -1.93. The summed E-state index contributed by atoms with van der Waals surface area (Å²) in [4.78, 5) is 0. The number of nitrogens with two attached hydrogens (primary N) is 1. The van der Waals surface area contributed by atoms with Gasteiger partial charge in [0.2, 0.25) is 0 Å². The van der Waals surface area contributed by atoms with Crippen molar-refractivity contribution in [2.45, 2.75) is 6.92 Å². The molecule has 2 N–H and O–H groups in total. The average Bonchev–Trinajstić information content (AvgIpc) is 1.85. The largest absolute Gasteiger partial charge is 0.382 e. The van der Waals surface area contributed by atoms with Gasteiger partial charge in [-0.05, 0) is 6.92 Å². The first-order valence-electron chi connectivity index (χ1n) is 2.46. The fourth-order valence-corrected chi connectivity index (χ4v) is 0.588. The molecule has 9 heavy (non-hydrogen) atoms. The first-order chi connectivity index (χ1) is 3.70. The van der Waals surface area contributed by atoms with Crippen molar-refractivity contribution in [3.63, 3.8) is 0 Å². The molecule has 0 radical (unpaired) electrons. The van der Waals surface area contributed by atoms with Crippen LogP contribution in [0.1, 0.15) is 5.69 Å². The summed E-state index contributed by atoms with van der Waals surface area (Å²) in [5.41, 5.74) is 6.43. The molecule has 1 aromatic heterocycles. The number of hydrogen-bond donors (Lipinski definition) is 1.